The van der Waals surface area contributed by atoms with Crippen LogP contribution in [-0.2, 0) is 13.0 Å². The second kappa shape index (κ2) is 8.64. The highest BCUT2D eigenvalue weighted by atomic mass is 79.9. The number of rotatable bonds is 7. The number of aromatic nitrogens is 4. The van der Waals surface area contributed by atoms with Crippen molar-refractivity contribution in [3.8, 4) is 17.1 Å². The molecule has 3 rings (SSSR count). The Balaban J connectivity index is 1.68. The second-order valence-electron chi connectivity index (χ2n) is 6.44. The SMILES string of the molecule is CC(C)Cn1nnnc1-c1cccc(OCCc2cc(Cl)ccc2Br)c1. The Morgan fingerprint density at radius 1 is 1.19 bits per heavy atom. The maximum absolute atomic E-state index is 6.06. The predicted octanol–water partition coefficient (Wildman–Crippen LogP) is 5.03. The van der Waals surface area contributed by atoms with E-state index < -0.39 is 0 Å². The van der Waals surface area contributed by atoms with Crippen LogP contribution >= 0.6 is 27.5 Å². The summed E-state index contributed by atoms with van der Waals surface area (Å²) in [5.41, 5.74) is 2.06. The van der Waals surface area contributed by atoms with Gasteiger partial charge >= 0.3 is 0 Å². The van der Waals surface area contributed by atoms with Gasteiger partial charge in [0.1, 0.15) is 5.75 Å². The van der Waals surface area contributed by atoms with Crippen LogP contribution in [0.1, 0.15) is 19.4 Å². The van der Waals surface area contributed by atoms with Gasteiger partial charge in [0.2, 0.25) is 0 Å². The van der Waals surface area contributed by atoms with Crippen molar-refractivity contribution in [3.63, 3.8) is 0 Å². The second-order valence-corrected chi connectivity index (χ2v) is 7.73. The molecule has 1 aromatic heterocycles. The molecule has 136 valence electrons. The number of hydrogen-bond acceptors (Lipinski definition) is 4. The standard InChI is InChI=1S/C19H20BrClN4O/c1-13(2)12-25-19(22-23-24-25)15-4-3-5-17(11-15)26-9-8-14-10-16(21)6-7-18(14)20/h3-7,10-11,13H,8-9,12H2,1-2H3. The molecule has 3 aromatic rings. The zero-order valence-corrected chi connectivity index (χ0v) is 17.0. The maximum Gasteiger partial charge on any atom is 0.182 e. The maximum atomic E-state index is 6.06. The number of ether oxygens (including phenoxy) is 1. The van der Waals surface area contributed by atoms with Gasteiger partial charge in [-0.15, -0.1) is 5.10 Å². The normalized spacial score (nSPS) is 11.1. The third-order valence-corrected chi connectivity index (χ3v) is 4.82. The van der Waals surface area contributed by atoms with Crippen LogP contribution in [0.3, 0.4) is 0 Å². The molecule has 0 atom stereocenters. The molecule has 0 fully saturated rings. The van der Waals surface area contributed by atoms with Gasteiger partial charge < -0.3 is 4.74 Å². The third-order valence-electron chi connectivity index (χ3n) is 3.81. The highest BCUT2D eigenvalue weighted by molar-refractivity contribution is 9.10. The van der Waals surface area contributed by atoms with Gasteiger partial charge in [0.15, 0.2) is 5.82 Å². The number of hydrogen-bond donors (Lipinski definition) is 0. The predicted molar refractivity (Wildman–Crippen MR) is 106 cm³/mol. The van der Waals surface area contributed by atoms with Gasteiger partial charge in [0.25, 0.3) is 0 Å². The van der Waals surface area contributed by atoms with Gasteiger partial charge in [-0.1, -0.05) is 53.5 Å². The fourth-order valence-electron chi connectivity index (χ4n) is 2.62. The summed E-state index contributed by atoms with van der Waals surface area (Å²) in [4.78, 5) is 0. The van der Waals surface area contributed by atoms with E-state index >= 15 is 0 Å². The van der Waals surface area contributed by atoms with Gasteiger partial charge in [-0.2, -0.15) is 0 Å². The quantitative estimate of drug-likeness (QED) is 0.522. The Labute approximate surface area is 166 Å². The molecule has 0 aliphatic heterocycles. The number of tetrazole rings is 1. The molecule has 5 nitrogen and oxygen atoms in total. The van der Waals surface area contributed by atoms with E-state index in [1.807, 2.05) is 47.1 Å². The molecule has 0 N–H and O–H groups in total. The molecule has 26 heavy (non-hydrogen) atoms. The van der Waals surface area contributed by atoms with E-state index in [4.69, 9.17) is 16.3 Å². The van der Waals surface area contributed by atoms with Crippen LogP contribution in [0, 0.1) is 5.92 Å². The number of halogens is 2. The zero-order valence-electron chi connectivity index (χ0n) is 14.7. The van der Waals surface area contributed by atoms with Gasteiger partial charge in [-0.3, -0.25) is 0 Å². The third kappa shape index (κ3) is 4.83. The van der Waals surface area contributed by atoms with Gasteiger partial charge in [-0.25, -0.2) is 4.68 Å². The summed E-state index contributed by atoms with van der Waals surface area (Å²) in [5.74, 6) is 2.01. The van der Waals surface area contributed by atoms with E-state index in [0.717, 1.165) is 45.2 Å². The largest absolute Gasteiger partial charge is 0.493 e. The highest BCUT2D eigenvalue weighted by Gasteiger charge is 2.11. The Kier molecular flexibility index (Phi) is 6.27. The van der Waals surface area contributed by atoms with Crippen molar-refractivity contribution in [2.75, 3.05) is 6.61 Å². The summed E-state index contributed by atoms with van der Waals surface area (Å²) >= 11 is 9.60. The summed E-state index contributed by atoms with van der Waals surface area (Å²) < 4.78 is 8.78. The fourth-order valence-corrected chi connectivity index (χ4v) is 3.26. The minimum atomic E-state index is 0.466. The van der Waals surface area contributed by atoms with Crippen LogP contribution in [0.2, 0.25) is 5.02 Å². The van der Waals surface area contributed by atoms with Gasteiger partial charge in [-0.05, 0) is 52.2 Å². The van der Waals surface area contributed by atoms with Crippen LogP contribution in [0.5, 0.6) is 5.75 Å². The summed E-state index contributed by atoms with van der Waals surface area (Å²) in [7, 11) is 0. The van der Waals surface area contributed by atoms with Crippen molar-refractivity contribution in [1.29, 1.82) is 0 Å². The lowest BCUT2D eigenvalue weighted by atomic mass is 10.1. The summed E-state index contributed by atoms with van der Waals surface area (Å²) in [5, 5.41) is 12.8. The van der Waals surface area contributed by atoms with Crippen LogP contribution in [0.4, 0.5) is 0 Å². The first kappa shape index (κ1) is 18.9. The van der Waals surface area contributed by atoms with E-state index in [2.05, 4.69) is 45.3 Å². The van der Waals surface area contributed by atoms with Crippen molar-refractivity contribution in [1.82, 2.24) is 20.2 Å². The lowest BCUT2D eigenvalue weighted by molar-refractivity contribution is 0.322. The van der Waals surface area contributed by atoms with Crippen molar-refractivity contribution >= 4 is 27.5 Å². The molecule has 7 heteroatoms. The Hall–Kier alpha value is -1.92. The first-order chi connectivity index (χ1) is 12.5. The molecular formula is C19H20BrClN4O. The van der Waals surface area contributed by atoms with Crippen molar-refractivity contribution in [3.05, 3.63) is 57.5 Å². The van der Waals surface area contributed by atoms with Crippen molar-refractivity contribution < 1.29 is 4.74 Å². The first-order valence-corrected chi connectivity index (χ1v) is 9.63. The molecule has 2 aromatic carbocycles. The Morgan fingerprint density at radius 2 is 2.04 bits per heavy atom. The van der Waals surface area contributed by atoms with Gasteiger partial charge in [0.05, 0.1) is 6.61 Å². The van der Waals surface area contributed by atoms with E-state index in [-0.39, 0.29) is 0 Å². The molecule has 0 spiro atoms. The van der Waals surface area contributed by atoms with E-state index in [1.54, 1.807) is 0 Å². The van der Waals surface area contributed by atoms with Crippen LogP contribution in [0.25, 0.3) is 11.4 Å². The molecule has 0 saturated heterocycles. The summed E-state index contributed by atoms with van der Waals surface area (Å²) in [6.45, 7) is 5.60. The zero-order chi connectivity index (χ0) is 18.5. The fraction of sp³-hybridized carbons (Fsp3) is 0.316. The average Bonchev–Trinajstić information content (AvgIpc) is 3.05. The monoisotopic (exact) mass is 434 g/mol. The van der Waals surface area contributed by atoms with E-state index in [1.165, 1.54) is 0 Å². The molecule has 0 aliphatic carbocycles. The summed E-state index contributed by atoms with van der Waals surface area (Å²) in [6, 6.07) is 13.6. The molecule has 0 amide bonds. The molecule has 0 unspecified atom stereocenters. The van der Waals surface area contributed by atoms with Crippen molar-refractivity contribution in [2.24, 2.45) is 5.92 Å². The molecule has 1 heterocycles. The Bertz CT molecular complexity index is 881. The topological polar surface area (TPSA) is 52.8 Å². The highest BCUT2D eigenvalue weighted by Crippen LogP contribution is 2.24. The number of nitrogens with zero attached hydrogens (tertiary/aromatic N) is 4. The molecule has 0 saturated carbocycles. The Morgan fingerprint density at radius 3 is 2.85 bits per heavy atom. The number of benzene rings is 2. The van der Waals surface area contributed by atoms with Gasteiger partial charge in [0, 0.05) is 28.0 Å². The van der Waals surface area contributed by atoms with Crippen molar-refractivity contribution in [2.45, 2.75) is 26.8 Å². The lowest BCUT2D eigenvalue weighted by Crippen LogP contribution is -2.08. The average molecular weight is 436 g/mol. The smallest absolute Gasteiger partial charge is 0.182 e. The van der Waals surface area contributed by atoms with Crippen LogP contribution < -0.4 is 4.74 Å². The minimum Gasteiger partial charge on any atom is -0.493 e. The molecule has 0 aliphatic rings. The molecular weight excluding hydrogens is 416 g/mol. The van der Waals surface area contributed by atoms with E-state index in [9.17, 15) is 0 Å². The minimum absolute atomic E-state index is 0.466. The lowest BCUT2D eigenvalue weighted by Gasteiger charge is -2.10. The van der Waals surface area contributed by atoms with E-state index in [0.29, 0.717) is 12.5 Å². The van der Waals surface area contributed by atoms with Crippen LogP contribution in [0.15, 0.2) is 46.9 Å². The first-order valence-electron chi connectivity index (χ1n) is 8.46. The van der Waals surface area contributed by atoms with Crippen LogP contribution in [-0.4, -0.2) is 26.8 Å². The molecule has 0 bridgehead atoms. The summed E-state index contributed by atoms with van der Waals surface area (Å²) in [6.07, 6.45) is 0.760. The molecule has 0 radical (unpaired) electrons.